The van der Waals surface area contributed by atoms with Gasteiger partial charge in [-0.3, -0.25) is 23.7 Å². The molecule has 0 N–H and O–H groups in total. The molecule has 0 spiro atoms. The molecule has 0 amide bonds. The Morgan fingerprint density at radius 3 is 1.05 bits per heavy atom. The number of methoxy groups -OCH3 is 4. The molecular formula is C41H38O14P2. The molecule has 0 fully saturated rings. The van der Waals surface area contributed by atoms with E-state index in [1.807, 2.05) is 0 Å². The first-order chi connectivity index (χ1) is 27.6. The van der Waals surface area contributed by atoms with Crippen molar-refractivity contribution in [3.63, 3.8) is 0 Å². The molecule has 0 bridgehead atoms. The van der Waals surface area contributed by atoms with Crippen molar-refractivity contribution in [2.75, 3.05) is 28.4 Å². The van der Waals surface area contributed by atoms with Gasteiger partial charge in [0.15, 0.2) is 46.0 Å². The fourth-order valence-electron chi connectivity index (χ4n) is 5.12. The summed E-state index contributed by atoms with van der Waals surface area (Å²) in [5.74, 6) is 2.10. The van der Waals surface area contributed by atoms with Gasteiger partial charge in [-0.2, -0.15) is 0 Å². The number of benzene rings is 5. The van der Waals surface area contributed by atoms with Crippen molar-refractivity contribution in [3.05, 3.63) is 125 Å². The van der Waals surface area contributed by atoms with Crippen LogP contribution in [0.15, 0.2) is 97.1 Å². The summed E-state index contributed by atoms with van der Waals surface area (Å²) in [6.07, 6.45) is 2.70. The second-order valence-corrected chi connectivity index (χ2v) is 14.1. The maximum Gasteiger partial charge on any atom is 0.530 e. The molecule has 5 aromatic rings. The predicted octanol–water partition coefficient (Wildman–Crippen LogP) is 9.37. The number of rotatable bonds is 21. The molecule has 0 saturated heterocycles. The molecule has 0 saturated carbocycles. The Bertz CT molecular complexity index is 2090. The number of ether oxygens (including phenoxy) is 4. The SMILES string of the molecule is COc1cc(C=O)ccc1OP(Oc1ccc(C=O)cc1OC)Oc1ccccc1C(C)(C)OP(Oc1ccc(C=O)cc1OC)Oc1ccc(C=O)cc1OC. The van der Waals surface area contributed by atoms with Crippen molar-refractivity contribution < 1.29 is 65.3 Å². The molecule has 0 aliphatic carbocycles. The van der Waals surface area contributed by atoms with Gasteiger partial charge < -0.3 is 41.6 Å². The highest BCUT2D eigenvalue weighted by Gasteiger charge is 2.36. The summed E-state index contributed by atoms with van der Waals surface area (Å²) in [5.41, 5.74) is 0.689. The molecule has 0 atom stereocenters. The molecule has 5 aromatic carbocycles. The van der Waals surface area contributed by atoms with E-state index in [9.17, 15) is 19.2 Å². The van der Waals surface area contributed by atoms with Gasteiger partial charge >= 0.3 is 17.2 Å². The van der Waals surface area contributed by atoms with Gasteiger partial charge in [-0.15, -0.1) is 0 Å². The molecule has 5 rings (SSSR count). The van der Waals surface area contributed by atoms with E-state index >= 15 is 0 Å². The van der Waals surface area contributed by atoms with Gasteiger partial charge in [0.2, 0.25) is 0 Å². The number of aldehydes is 4. The molecule has 0 aliphatic rings. The Labute approximate surface area is 331 Å². The number of hydrogen-bond acceptors (Lipinski definition) is 14. The van der Waals surface area contributed by atoms with Crippen LogP contribution in [-0.2, 0) is 10.1 Å². The van der Waals surface area contributed by atoms with Gasteiger partial charge in [0, 0.05) is 27.8 Å². The van der Waals surface area contributed by atoms with Crippen LogP contribution in [0.5, 0.6) is 51.7 Å². The first-order valence-electron chi connectivity index (χ1n) is 16.9. The summed E-state index contributed by atoms with van der Waals surface area (Å²) in [5, 5.41) is 0. The smallest absolute Gasteiger partial charge is 0.493 e. The minimum absolute atomic E-state index is 0.208. The van der Waals surface area contributed by atoms with Crippen molar-refractivity contribution in [1.29, 1.82) is 0 Å². The molecule has 14 nitrogen and oxygen atoms in total. The number of hydrogen-bond donors (Lipinski definition) is 0. The molecule has 16 heteroatoms. The Kier molecular flexibility index (Phi) is 14.4. The summed E-state index contributed by atoms with van der Waals surface area (Å²) in [4.78, 5) is 46.0. The van der Waals surface area contributed by atoms with Crippen LogP contribution in [0.3, 0.4) is 0 Å². The van der Waals surface area contributed by atoms with Crippen molar-refractivity contribution >= 4 is 42.3 Å². The van der Waals surface area contributed by atoms with E-state index in [-0.39, 0.29) is 51.7 Å². The van der Waals surface area contributed by atoms with Crippen LogP contribution in [-0.4, -0.2) is 53.6 Å². The predicted molar refractivity (Wildman–Crippen MR) is 211 cm³/mol. The van der Waals surface area contributed by atoms with Gasteiger partial charge in [-0.05, 0) is 92.7 Å². The van der Waals surface area contributed by atoms with E-state index in [1.165, 1.54) is 52.7 Å². The summed E-state index contributed by atoms with van der Waals surface area (Å²) < 4.78 is 60.3. The number of para-hydroxylation sites is 1. The zero-order chi connectivity index (χ0) is 41.0. The highest BCUT2D eigenvalue weighted by molar-refractivity contribution is 7.43. The Hall–Kier alpha value is -6.20. The molecule has 0 aliphatic heterocycles. The average Bonchev–Trinajstić information content (AvgIpc) is 3.24. The number of carbonyl (C=O) groups excluding carboxylic acids is 4. The fourth-order valence-corrected chi connectivity index (χ4v) is 7.38. The van der Waals surface area contributed by atoms with Crippen LogP contribution in [0.4, 0.5) is 0 Å². The zero-order valence-electron chi connectivity index (χ0n) is 31.7. The lowest BCUT2D eigenvalue weighted by atomic mass is 9.98. The lowest BCUT2D eigenvalue weighted by Crippen LogP contribution is -2.22. The Balaban J connectivity index is 1.53. The minimum atomic E-state index is -2.39. The van der Waals surface area contributed by atoms with Gasteiger partial charge in [0.25, 0.3) is 0 Å². The minimum Gasteiger partial charge on any atom is -0.493 e. The van der Waals surface area contributed by atoms with E-state index < -0.39 is 22.8 Å². The Morgan fingerprint density at radius 2 is 0.719 bits per heavy atom. The first-order valence-corrected chi connectivity index (χ1v) is 19.1. The van der Waals surface area contributed by atoms with Crippen molar-refractivity contribution in [2.45, 2.75) is 19.4 Å². The summed E-state index contributed by atoms with van der Waals surface area (Å²) in [6.45, 7) is 3.53. The molecule has 0 unspecified atom stereocenters. The summed E-state index contributed by atoms with van der Waals surface area (Å²) in [6, 6.07) is 25.4. The van der Waals surface area contributed by atoms with Crippen LogP contribution in [0.2, 0.25) is 0 Å². The lowest BCUT2D eigenvalue weighted by molar-refractivity contribution is 0.0917. The molecular weight excluding hydrogens is 778 g/mol. The van der Waals surface area contributed by atoms with E-state index in [2.05, 4.69) is 0 Å². The summed E-state index contributed by atoms with van der Waals surface area (Å²) >= 11 is 0. The molecule has 296 valence electrons. The van der Waals surface area contributed by atoms with E-state index in [0.29, 0.717) is 53.0 Å². The average molecular weight is 817 g/mol. The maximum absolute atomic E-state index is 11.5. The number of carbonyl (C=O) groups is 4. The highest BCUT2D eigenvalue weighted by Crippen LogP contribution is 2.54. The summed E-state index contributed by atoms with van der Waals surface area (Å²) in [7, 11) is 0.961. The maximum atomic E-state index is 11.5. The normalized spacial score (nSPS) is 10.9. The monoisotopic (exact) mass is 816 g/mol. The topological polar surface area (TPSA) is 161 Å². The zero-order valence-corrected chi connectivity index (χ0v) is 33.4. The second kappa shape index (κ2) is 19.6. The van der Waals surface area contributed by atoms with Gasteiger partial charge in [-0.1, -0.05) is 18.2 Å². The first kappa shape index (κ1) is 42.0. The second-order valence-electron chi connectivity index (χ2n) is 12.1. The van der Waals surface area contributed by atoms with Crippen LogP contribution < -0.4 is 41.6 Å². The van der Waals surface area contributed by atoms with Gasteiger partial charge in [0.05, 0.1) is 28.4 Å². The third-order valence-corrected chi connectivity index (χ3v) is 10.3. The van der Waals surface area contributed by atoms with E-state index in [4.69, 9.17) is 46.1 Å². The molecule has 0 heterocycles. The van der Waals surface area contributed by atoms with Crippen molar-refractivity contribution in [3.8, 4) is 51.7 Å². The quantitative estimate of drug-likeness (QED) is 0.0509. The third-order valence-electron chi connectivity index (χ3n) is 8.00. The highest BCUT2D eigenvalue weighted by atomic mass is 31.2. The van der Waals surface area contributed by atoms with Crippen LogP contribution in [0.1, 0.15) is 60.8 Å². The van der Waals surface area contributed by atoms with Gasteiger partial charge in [-0.25, -0.2) is 0 Å². The van der Waals surface area contributed by atoms with Crippen LogP contribution in [0.25, 0.3) is 0 Å². The largest absolute Gasteiger partial charge is 0.530 e. The van der Waals surface area contributed by atoms with Crippen molar-refractivity contribution in [1.82, 2.24) is 0 Å². The van der Waals surface area contributed by atoms with E-state index in [0.717, 1.165) is 0 Å². The molecule has 57 heavy (non-hydrogen) atoms. The standard InChI is InChI=1S/C41H38O14P2/c1-41(2,55-57(53-35-17-13-29(25-44)21-39(35)48-5)54-36-18-14-30(26-45)22-40(36)49-6)31-9-7-8-10-32(31)50-56(51-33-15-11-27(23-42)19-37(33)46-3)52-34-16-12-28(24-43)20-38(34)47-4/h7-26H,1-6H3. The van der Waals surface area contributed by atoms with Gasteiger partial charge in [0.1, 0.15) is 36.5 Å². The van der Waals surface area contributed by atoms with Crippen LogP contribution in [0, 0.1) is 0 Å². The van der Waals surface area contributed by atoms with Crippen LogP contribution >= 0.6 is 17.2 Å². The van der Waals surface area contributed by atoms with E-state index in [1.54, 1.807) is 86.6 Å². The Morgan fingerprint density at radius 1 is 0.404 bits per heavy atom. The molecule has 0 radical (unpaired) electrons. The third kappa shape index (κ3) is 10.6. The molecule has 0 aromatic heterocycles. The van der Waals surface area contributed by atoms with Crippen molar-refractivity contribution in [2.24, 2.45) is 0 Å². The lowest BCUT2D eigenvalue weighted by Gasteiger charge is -2.31. The fraction of sp³-hybridized carbons (Fsp3) is 0.171.